The number of alkyl halides is 5. The van der Waals surface area contributed by atoms with E-state index in [1.165, 1.54) is 30.3 Å². The highest BCUT2D eigenvalue weighted by Crippen LogP contribution is 2.52. The summed E-state index contributed by atoms with van der Waals surface area (Å²) in [6.45, 7) is 1.74. The Morgan fingerprint density at radius 3 is 2.47 bits per heavy atom. The van der Waals surface area contributed by atoms with Crippen LogP contribution in [0.5, 0.6) is 11.5 Å². The molecule has 5 rings (SSSR count). The number of aryl methyl sites for hydroxylation is 1. The van der Waals surface area contributed by atoms with Gasteiger partial charge in [-0.05, 0) is 60.7 Å². The highest BCUT2D eigenvalue weighted by atomic mass is 19.4. The lowest BCUT2D eigenvalue weighted by molar-refractivity contribution is -0.286. The van der Waals surface area contributed by atoms with Gasteiger partial charge < -0.3 is 14.6 Å². The Hall–Kier alpha value is -3.53. The van der Waals surface area contributed by atoms with Crippen molar-refractivity contribution in [3.05, 3.63) is 77.0 Å². The Morgan fingerprint density at radius 2 is 1.78 bits per heavy atom. The molecule has 0 radical (unpaired) electrons. The van der Waals surface area contributed by atoms with Crippen molar-refractivity contribution in [2.45, 2.75) is 50.2 Å². The third-order valence-corrected chi connectivity index (χ3v) is 6.52. The Morgan fingerprint density at radius 1 is 1.06 bits per heavy atom. The Kier molecular flexibility index (Phi) is 5.55. The molecule has 0 spiro atoms. The number of benzene rings is 2. The van der Waals surface area contributed by atoms with E-state index in [0.717, 1.165) is 0 Å². The van der Waals surface area contributed by atoms with Gasteiger partial charge in [-0.15, -0.1) is 8.78 Å². The summed E-state index contributed by atoms with van der Waals surface area (Å²) in [6.07, 6.45) is -10.2. The predicted molar refractivity (Wildman–Crippen MR) is 118 cm³/mol. The van der Waals surface area contributed by atoms with Crippen LogP contribution in [0.3, 0.4) is 0 Å². The van der Waals surface area contributed by atoms with Gasteiger partial charge in [0.25, 0.3) is 0 Å². The van der Waals surface area contributed by atoms with Crippen LogP contribution in [0, 0.1) is 6.92 Å². The maximum Gasteiger partial charge on any atom is 0.586 e. The fourth-order valence-corrected chi connectivity index (χ4v) is 4.44. The van der Waals surface area contributed by atoms with Crippen molar-refractivity contribution >= 4 is 5.78 Å². The Bertz CT molecular complexity index is 1350. The summed E-state index contributed by atoms with van der Waals surface area (Å²) in [4.78, 5) is 17.8. The van der Waals surface area contributed by atoms with Crippen molar-refractivity contribution in [2.75, 3.05) is 0 Å². The number of nitrogens with zero attached hydrogens (tertiary/aromatic N) is 1. The second-order valence-electron chi connectivity index (χ2n) is 9.05. The van der Waals surface area contributed by atoms with Crippen LogP contribution in [0.2, 0.25) is 0 Å². The van der Waals surface area contributed by atoms with E-state index in [0.29, 0.717) is 40.9 Å². The van der Waals surface area contributed by atoms with Gasteiger partial charge in [-0.1, -0.05) is 30.3 Å². The van der Waals surface area contributed by atoms with Gasteiger partial charge in [-0.25, -0.2) is 0 Å². The molecule has 2 aromatic carbocycles. The molecule has 0 bridgehead atoms. The summed E-state index contributed by atoms with van der Waals surface area (Å²) in [5.74, 6) is -0.389. The summed E-state index contributed by atoms with van der Waals surface area (Å²) in [5, 5.41) is 9.61. The van der Waals surface area contributed by atoms with Crippen LogP contribution in [0.25, 0.3) is 11.3 Å². The molecule has 1 N–H and O–H groups in total. The zero-order valence-electron chi connectivity index (χ0n) is 18.9. The van der Waals surface area contributed by atoms with Gasteiger partial charge in [-0.2, -0.15) is 13.2 Å². The maximum atomic E-state index is 13.4. The van der Waals surface area contributed by atoms with Crippen LogP contribution in [0.1, 0.15) is 41.3 Å². The number of fused-ring (bicyclic) bond motifs is 1. The summed E-state index contributed by atoms with van der Waals surface area (Å²) in [6, 6.07) is 13.1. The average molecular weight is 505 g/mol. The minimum absolute atomic E-state index is 0.0528. The van der Waals surface area contributed by atoms with Crippen molar-refractivity contribution in [3.8, 4) is 22.8 Å². The van der Waals surface area contributed by atoms with Crippen LogP contribution >= 0.6 is 0 Å². The largest absolute Gasteiger partial charge is 0.586 e. The number of carbonyl (C=O) groups is 1. The van der Waals surface area contributed by atoms with E-state index in [1.54, 1.807) is 31.2 Å². The SMILES string of the molecule is Cc1ccc(CC(=O)C2(c3ccc4c(c3)OC(F)(F)O4)CC2)nc1-c1cccc(C(O)C(F)(F)F)c1. The number of halogens is 5. The number of rotatable bonds is 6. The highest BCUT2D eigenvalue weighted by Gasteiger charge is 2.52. The molecule has 36 heavy (non-hydrogen) atoms. The molecule has 1 aliphatic heterocycles. The van der Waals surface area contributed by atoms with Crippen LogP contribution in [-0.2, 0) is 16.6 Å². The first-order valence-corrected chi connectivity index (χ1v) is 11.1. The lowest BCUT2D eigenvalue weighted by atomic mass is 9.88. The molecule has 2 heterocycles. The van der Waals surface area contributed by atoms with Gasteiger partial charge >= 0.3 is 12.5 Å². The second-order valence-corrected chi connectivity index (χ2v) is 9.05. The van der Waals surface area contributed by atoms with E-state index >= 15 is 0 Å². The summed E-state index contributed by atoms with van der Waals surface area (Å²) < 4.78 is 74.6. The first-order chi connectivity index (χ1) is 16.9. The lowest BCUT2D eigenvalue weighted by Gasteiger charge is -2.17. The van der Waals surface area contributed by atoms with Crippen molar-refractivity contribution in [1.82, 2.24) is 4.98 Å². The topological polar surface area (TPSA) is 68.7 Å². The van der Waals surface area contributed by atoms with Gasteiger partial charge in [0.05, 0.1) is 11.1 Å². The number of aliphatic hydroxyl groups is 1. The van der Waals surface area contributed by atoms with Crippen LogP contribution in [0.4, 0.5) is 22.0 Å². The zero-order chi connectivity index (χ0) is 25.9. The maximum absolute atomic E-state index is 13.4. The van der Waals surface area contributed by atoms with Gasteiger partial charge in [0.15, 0.2) is 17.6 Å². The molecule has 1 unspecified atom stereocenters. The number of ketones is 1. The average Bonchev–Trinajstić information content (AvgIpc) is 3.56. The normalized spacial score (nSPS) is 18.1. The number of aliphatic hydroxyl groups excluding tert-OH is 1. The minimum atomic E-state index is -4.81. The lowest BCUT2D eigenvalue weighted by Crippen LogP contribution is -2.26. The Labute approximate surface area is 202 Å². The van der Waals surface area contributed by atoms with E-state index in [4.69, 9.17) is 0 Å². The first-order valence-electron chi connectivity index (χ1n) is 11.1. The van der Waals surface area contributed by atoms with Crippen molar-refractivity contribution in [2.24, 2.45) is 0 Å². The molecule has 3 aromatic rings. The number of pyridine rings is 1. The molecule has 5 nitrogen and oxygen atoms in total. The van der Waals surface area contributed by atoms with Crippen molar-refractivity contribution in [1.29, 1.82) is 0 Å². The van der Waals surface area contributed by atoms with Gasteiger partial charge in [0.2, 0.25) is 0 Å². The molecule has 188 valence electrons. The Balaban J connectivity index is 1.39. The van der Waals surface area contributed by atoms with E-state index in [1.807, 2.05) is 0 Å². The molecule has 0 saturated heterocycles. The molecule has 1 saturated carbocycles. The summed E-state index contributed by atoms with van der Waals surface area (Å²) in [7, 11) is 0. The second kappa shape index (κ2) is 8.26. The van der Waals surface area contributed by atoms with E-state index < -0.39 is 24.0 Å². The third kappa shape index (κ3) is 4.41. The van der Waals surface area contributed by atoms with Crippen molar-refractivity contribution in [3.63, 3.8) is 0 Å². The molecular formula is C26H20F5NO4. The number of aromatic nitrogens is 1. The quantitative estimate of drug-likeness (QED) is 0.428. The van der Waals surface area contributed by atoms with Gasteiger partial charge in [0.1, 0.15) is 5.78 Å². The molecule has 1 aliphatic carbocycles. The van der Waals surface area contributed by atoms with E-state index in [-0.39, 0.29) is 29.3 Å². The molecule has 0 amide bonds. The van der Waals surface area contributed by atoms with Gasteiger partial charge in [0, 0.05) is 17.7 Å². The smallest absolute Gasteiger partial charge is 0.395 e. The zero-order valence-corrected chi connectivity index (χ0v) is 18.9. The monoisotopic (exact) mass is 505 g/mol. The van der Waals surface area contributed by atoms with E-state index in [9.17, 15) is 31.9 Å². The highest BCUT2D eigenvalue weighted by molar-refractivity contribution is 5.94. The number of hydrogen-bond acceptors (Lipinski definition) is 5. The number of ether oxygens (including phenoxy) is 2. The fourth-order valence-electron chi connectivity index (χ4n) is 4.44. The molecule has 1 aromatic heterocycles. The van der Waals surface area contributed by atoms with Crippen LogP contribution in [0.15, 0.2) is 54.6 Å². The summed E-state index contributed by atoms with van der Waals surface area (Å²) >= 11 is 0. The standard InChI is InChI=1S/C26H20F5NO4/c1-14-5-7-18(32-22(14)15-3-2-4-16(11-15)23(34)25(27,28)29)13-21(33)24(9-10-24)17-6-8-19-20(12-17)36-26(30,31)35-19/h2-8,11-12,23,34H,9-10,13H2,1H3. The molecule has 1 fully saturated rings. The fraction of sp³-hybridized carbons (Fsp3) is 0.308. The number of hydrogen-bond donors (Lipinski definition) is 1. The number of carbonyl (C=O) groups excluding carboxylic acids is 1. The molecule has 2 aliphatic rings. The molecular weight excluding hydrogens is 485 g/mol. The van der Waals surface area contributed by atoms with Gasteiger partial charge in [-0.3, -0.25) is 9.78 Å². The van der Waals surface area contributed by atoms with Crippen LogP contribution < -0.4 is 9.47 Å². The van der Waals surface area contributed by atoms with Crippen molar-refractivity contribution < 1.29 is 41.3 Å². The molecule has 1 atom stereocenters. The predicted octanol–water partition coefficient (Wildman–Crippen LogP) is 5.82. The van der Waals surface area contributed by atoms with Crippen LogP contribution in [-0.4, -0.2) is 28.3 Å². The first kappa shape index (κ1) is 24.2. The third-order valence-electron chi connectivity index (χ3n) is 6.52. The minimum Gasteiger partial charge on any atom is -0.395 e. The summed E-state index contributed by atoms with van der Waals surface area (Å²) in [5.41, 5.74) is 1.26. The molecule has 10 heteroatoms. The number of Topliss-reactive ketones (excluding diaryl/α,β-unsaturated/α-hetero) is 1. The van der Waals surface area contributed by atoms with E-state index in [2.05, 4.69) is 14.5 Å².